The number of rotatable bonds is 8. The SMILES string of the molecule is CCCNC(CC(C)CCC)c1cc2c(s1)CCSC2. The van der Waals surface area contributed by atoms with Crippen molar-refractivity contribution in [2.45, 2.75) is 64.7 Å². The van der Waals surface area contributed by atoms with Crippen molar-refractivity contribution in [1.82, 2.24) is 5.32 Å². The van der Waals surface area contributed by atoms with Gasteiger partial charge in [0, 0.05) is 21.5 Å². The van der Waals surface area contributed by atoms with Crippen LogP contribution < -0.4 is 5.32 Å². The maximum atomic E-state index is 3.79. The Morgan fingerprint density at radius 1 is 1.30 bits per heavy atom. The van der Waals surface area contributed by atoms with Crippen LogP contribution in [0.25, 0.3) is 0 Å². The quantitative estimate of drug-likeness (QED) is 0.689. The normalized spacial score (nSPS) is 17.8. The van der Waals surface area contributed by atoms with Gasteiger partial charge in [-0.1, -0.05) is 33.6 Å². The highest BCUT2D eigenvalue weighted by atomic mass is 32.2. The van der Waals surface area contributed by atoms with E-state index in [1.165, 1.54) is 43.6 Å². The van der Waals surface area contributed by atoms with Gasteiger partial charge in [-0.2, -0.15) is 11.8 Å². The Morgan fingerprint density at radius 3 is 2.85 bits per heavy atom. The zero-order valence-electron chi connectivity index (χ0n) is 13.2. The average molecular weight is 312 g/mol. The van der Waals surface area contributed by atoms with Crippen LogP contribution in [-0.4, -0.2) is 12.3 Å². The average Bonchev–Trinajstić information content (AvgIpc) is 2.87. The highest BCUT2D eigenvalue weighted by Crippen LogP contribution is 2.36. The predicted octanol–water partition coefficient (Wildman–Crippen LogP) is 5.40. The Hall–Kier alpha value is 0.01000. The molecule has 1 aromatic heterocycles. The summed E-state index contributed by atoms with van der Waals surface area (Å²) in [6.45, 7) is 8.11. The fraction of sp³-hybridized carbons (Fsp3) is 0.765. The molecule has 0 aliphatic carbocycles. The highest BCUT2D eigenvalue weighted by molar-refractivity contribution is 7.98. The molecule has 1 aromatic rings. The number of aryl methyl sites for hydroxylation is 1. The first-order chi connectivity index (χ1) is 9.74. The third-order valence-corrected chi connectivity index (χ3v) is 6.41. The van der Waals surface area contributed by atoms with E-state index in [4.69, 9.17) is 0 Å². The lowest BCUT2D eigenvalue weighted by Crippen LogP contribution is -2.23. The Kier molecular flexibility index (Phi) is 6.92. The molecule has 0 fully saturated rings. The second-order valence-corrected chi connectivity index (χ2v) is 8.31. The van der Waals surface area contributed by atoms with Crippen LogP contribution in [0, 0.1) is 5.92 Å². The number of nitrogens with one attached hydrogen (secondary N) is 1. The molecule has 1 aliphatic heterocycles. The highest BCUT2D eigenvalue weighted by Gasteiger charge is 2.20. The molecule has 0 aromatic carbocycles. The van der Waals surface area contributed by atoms with Crippen molar-refractivity contribution in [2.75, 3.05) is 12.3 Å². The van der Waals surface area contributed by atoms with E-state index in [1.54, 1.807) is 15.3 Å². The van der Waals surface area contributed by atoms with Crippen LogP contribution >= 0.6 is 23.1 Å². The Bertz CT molecular complexity index is 376. The second kappa shape index (κ2) is 8.45. The molecule has 1 aliphatic rings. The molecule has 0 amide bonds. The van der Waals surface area contributed by atoms with Crippen LogP contribution in [0.1, 0.15) is 67.8 Å². The third-order valence-electron chi connectivity index (χ3n) is 4.05. The van der Waals surface area contributed by atoms with Gasteiger partial charge in [0.15, 0.2) is 0 Å². The molecule has 0 saturated heterocycles. The van der Waals surface area contributed by atoms with Crippen LogP contribution in [0.3, 0.4) is 0 Å². The molecular weight excluding hydrogens is 282 g/mol. The van der Waals surface area contributed by atoms with Gasteiger partial charge >= 0.3 is 0 Å². The van der Waals surface area contributed by atoms with Gasteiger partial charge in [0.2, 0.25) is 0 Å². The first-order valence-electron chi connectivity index (χ1n) is 8.17. The maximum absolute atomic E-state index is 3.79. The van der Waals surface area contributed by atoms with Crippen LogP contribution in [0.4, 0.5) is 0 Å². The molecule has 1 N–H and O–H groups in total. The molecular formula is C17H29NS2. The molecule has 20 heavy (non-hydrogen) atoms. The van der Waals surface area contributed by atoms with Crippen molar-refractivity contribution in [3.8, 4) is 0 Å². The van der Waals surface area contributed by atoms with Gasteiger partial charge in [-0.05, 0) is 49.1 Å². The standard InChI is InChI=1S/C17H29NS2/c1-4-6-13(3)10-15(18-8-5-2)17-11-14-12-19-9-7-16(14)20-17/h11,13,15,18H,4-10,12H2,1-3H3. The van der Waals surface area contributed by atoms with Crippen LogP contribution in [0.2, 0.25) is 0 Å². The zero-order chi connectivity index (χ0) is 14.4. The molecule has 1 nitrogen and oxygen atoms in total. The summed E-state index contributed by atoms with van der Waals surface area (Å²) in [4.78, 5) is 3.25. The first-order valence-corrected chi connectivity index (χ1v) is 10.1. The summed E-state index contributed by atoms with van der Waals surface area (Å²) in [7, 11) is 0. The largest absolute Gasteiger partial charge is 0.309 e. The summed E-state index contributed by atoms with van der Waals surface area (Å²) in [6.07, 6.45) is 6.46. The fourth-order valence-electron chi connectivity index (χ4n) is 2.97. The Balaban J connectivity index is 2.06. The fourth-order valence-corrected chi connectivity index (χ4v) is 5.44. The summed E-state index contributed by atoms with van der Waals surface area (Å²) in [6, 6.07) is 3.08. The predicted molar refractivity (Wildman–Crippen MR) is 93.9 cm³/mol. The van der Waals surface area contributed by atoms with E-state index in [0.717, 1.165) is 12.5 Å². The maximum Gasteiger partial charge on any atom is 0.0417 e. The molecule has 2 heterocycles. The lowest BCUT2D eigenvalue weighted by molar-refractivity contribution is 0.394. The Morgan fingerprint density at radius 2 is 2.15 bits per heavy atom. The van der Waals surface area contributed by atoms with Crippen molar-refractivity contribution in [3.63, 3.8) is 0 Å². The summed E-state index contributed by atoms with van der Waals surface area (Å²) in [5.41, 5.74) is 1.62. The molecule has 2 unspecified atom stereocenters. The number of thioether (sulfide) groups is 1. The molecule has 2 rings (SSSR count). The third kappa shape index (κ3) is 4.51. The van der Waals surface area contributed by atoms with E-state index < -0.39 is 0 Å². The number of fused-ring (bicyclic) bond motifs is 1. The topological polar surface area (TPSA) is 12.0 Å². The minimum atomic E-state index is 0.581. The van der Waals surface area contributed by atoms with Crippen LogP contribution in [0.15, 0.2) is 6.07 Å². The van der Waals surface area contributed by atoms with Crippen LogP contribution in [-0.2, 0) is 12.2 Å². The van der Waals surface area contributed by atoms with Gasteiger partial charge in [0.1, 0.15) is 0 Å². The van der Waals surface area contributed by atoms with Crippen LogP contribution in [0.5, 0.6) is 0 Å². The van der Waals surface area contributed by atoms with Crippen molar-refractivity contribution in [1.29, 1.82) is 0 Å². The molecule has 2 atom stereocenters. The van der Waals surface area contributed by atoms with Gasteiger partial charge < -0.3 is 5.32 Å². The van der Waals surface area contributed by atoms with Gasteiger partial charge in [0.05, 0.1) is 0 Å². The van der Waals surface area contributed by atoms with Crippen molar-refractivity contribution in [3.05, 3.63) is 21.4 Å². The van der Waals surface area contributed by atoms with E-state index in [0.29, 0.717) is 6.04 Å². The van der Waals surface area contributed by atoms with Crippen molar-refractivity contribution < 1.29 is 0 Å². The van der Waals surface area contributed by atoms with Gasteiger partial charge in [-0.25, -0.2) is 0 Å². The van der Waals surface area contributed by atoms with E-state index >= 15 is 0 Å². The number of hydrogen-bond acceptors (Lipinski definition) is 3. The minimum absolute atomic E-state index is 0.581. The smallest absolute Gasteiger partial charge is 0.0417 e. The summed E-state index contributed by atoms with van der Waals surface area (Å²) >= 11 is 4.17. The summed E-state index contributed by atoms with van der Waals surface area (Å²) in [5, 5.41) is 3.79. The molecule has 0 saturated carbocycles. The van der Waals surface area contributed by atoms with Gasteiger partial charge in [-0.15, -0.1) is 11.3 Å². The second-order valence-electron chi connectivity index (χ2n) is 6.04. The van der Waals surface area contributed by atoms with Crippen molar-refractivity contribution >= 4 is 23.1 Å². The number of thiophene rings is 1. The van der Waals surface area contributed by atoms with Crippen molar-refractivity contribution in [2.24, 2.45) is 5.92 Å². The zero-order valence-corrected chi connectivity index (χ0v) is 14.8. The van der Waals surface area contributed by atoms with E-state index in [1.807, 2.05) is 0 Å². The molecule has 3 heteroatoms. The molecule has 114 valence electrons. The van der Waals surface area contributed by atoms with E-state index in [-0.39, 0.29) is 0 Å². The molecule has 0 bridgehead atoms. The molecule has 0 radical (unpaired) electrons. The van der Waals surface area contributed by atoms with Gasteiger partial charge in [0.25, 0.3) is 0 Å². The minimum Gasteiger partial charge on any atom is -0.309 e. The monoisotopic (exact) mass is 311 g/mol. The first kappa shape index (κ1) is 16.4. The van der Waals surface area contributed by atoms with E-state index in [2.05, 4.69) is 55.3 Å². The summed E-state index contributed by atoms with van der Waals surface area (Å²) in [5.74, 6) is 3.37. The van der Waals surface area contributed by atoms with Gasteiger partial charge in [-0.3, -0.25) is 0 Å². The number of hydrogen-bond donors (Lipinski definition) is 1. The molecule has 0 spiro atoms. The lowest BCUT2D eigenvalue weighted by atomic mass is 9.96. The summed E-state index contributed by atoms with van der Waals surface area (Å²) < 4.78 is 0. The lowest BCUT2D eigenvalue weighted by Gasteiger charge is -2.21. The van der Waals surface area contributed by atoms with E-state index in [9.17, 15) is 0 Å². The Labute approximate surface area is 132 Å².